The second-order valence-electron chi connectivity index (χ2n) is 17.1. The molecule has 0 radical (unpaired) electrons. The maximum Gasteiger partial charge on any atom is 0.253 e. The van der Waals surface area contributed by atoms with Gasteiger partial charge in [-0.1, -0.05) is 237 Å². The monoisotopic (exact) mass is 850 g/mol. The number of nitrogens with zero attached hydrogens (tertiary/aromatic N) is 2. The Hall–Kier alpha value is -7.51. The normalized spacial score (nSPS) is 15.8. The Morgan fingerprint density at radius 3 is 1.20 bits per heavy atom. The van der Waals surface area contributed by atoms with Crippen molar-refractivity contribution in [3.05, 3.63) is 278 Å². The molecule has 9 aromatic carbocycles. The molecule has 0 saturated heterocycles. The van der Waals surface area contributed by atoms with Gasteiger partial charge in [0.05, 0.1) is 17.1 Å². The molecule has 1 aliphatic carbocycles. The van der Waals surface area contributed by atoms with Gasteiger partial charge in [-0.05, 0) is 72.2 Å². The number of benzene rings is 9. The van der Waals surface area contributed by atoms with Crippen LogP contribution in [0, 0.1) is 0 Å². The number of fused-ring (bicyclic) bond motifs is 6. The first-order valence-electron chi connectivity index (χ1n) is 22.4. The summed E-state index contributed by atoms with van der Waals surface area (Å²) in [7, 11) is -5.86. The molecule has 2 aliphatic rings. The van der Waals surface area contributed by atoms with Crippen molar-refractivity contribution < 1.29 is 0 Å². The van der Waals surface area contributed by atoms with Crippen molar-refractivity contribution in [3.63, 3.8) is 0 Å². The molecule has 64 heavy (non-hydrogen) atoms. The zero-order chi connectivity index (χ0) is 42.5. The molecule has 0 N–H and O–H groups in total. The topological polar surface area (TPSA) is 8.17 Å². The minimum absolute atomic E-state index is 0.0495. The number of hydrogen-bond donors (Lipinski definition) is 0. The summed E-state index contributed by atoms with van der Waals surface area (Å²) < 4.78 is 5.39. The standard InChI is InChI=1S/C60H46N2Si2/c1-7-23-46(24-8-1)63(47-25-9-2-10-26-47,48-27-11-3-12-28-48)52-40-42-60-56(44-52)55-43-45(61-57-37-21-19-35-53(57)54-36-20-22-38-58(54)61)39-41-59(55)62(60)64(49-29-13-4-14-30-49,50-31-15-5-16-32-50)51-33-17-6-18-34-51/h1-44,56,60H. The number of allylic oxidation sites excluding steroid dienone is 2. The van der Waals surface area contributed by atoms with Gasteiger partial charge in [-0.25, -0.2) is 0 Å². The van der Waals surface area contributed by atoms with Crippen LogP contribution in [-0.2, 0) is 0 Å². The SMILES string of the molecule is C1=CC2C(C=C1[Si](c1ccccc1)(c1ccccc1)c1ccccc1)c1cc(-n3c4ccccc4c4ccccc43)ccc1N2[Si](c1ccccc1)(c1ccccc1)c1ccccc1. The number of para-hydroxylation sites is 2. The average Bonchev–Trinajstić information content (AvgIpc) is 3.89. The van der Waals surface area contributed by atoms with E-state index in [-0.39, 0.29) is 12.0 Å². The van der Waals surface area contributed by atoms with E-state index in [2.05, 4.69) is 276 Å². The molecule has 0 saturated carbocycles. The molecule has 2 heterocycles. The van der Waals surface area contributed by atoms with Gasteiger partial charge in [0.15, 0.2) is 8.07 Å². The van der Waals surface area contributed by atoms with Crippen LogP contribution in [0.25, 0.3) is 27.5 Å². The summed E-state index contributed by atoms with van der Waals surface area (Å²) in [4.78, 5) is 0. The largest absolute Gasteiger partial charge is 0.379 e. The van der Waals surface area contributed by atoms with Gasteiger partial charge in [0, 0.05) is 28.1 Å². The van der Waals surface area contributed by atoms with Crippen LogP contribution < -0.4 is 35.7 Å². The molecule has 304 valence electrons. The molecule has 0 bridgehead atoms. The molecular formula is C60H46N2Si2. The van der Waals surface area contributed by atoms with E-state index in [0.29, 0.717) is 0 Å². The Labute approximate surface area is 377 Å². The van der Waals surface area contributed by atoms with Crippen LogP contribution in [0.15, 0.2) is 272 Å². The highest BCUT2D eigenvalue weighted by Crippen LogP contribution is 2.49. The number of hydrogen-bond acceptors (Lipinski definition) is 1. The van der Waals surface area contributed by atoms with E-state index >= 15 is 0 Å². The number of rotatable bonds is 9. The third-order valence-corrected chi connectivity index (χ3v) is 23.5. The fourth-order valence-corrected chi connectivity index (χ4v) is 21.4. The summed E-state index contributed by atoms with van der Waals surface area (Å²) in [5.74, 6) is 0.0639. The van der Waals surface area contributed by atoms with Gasteiger partial charge >= 0.3 is 0 Å². The van der Waals surface area contributed by atoms with Crippen molar-refractivity contribution in [2.75, 3.05) is 4.57 Å². The first-order valence-corrected chi connectivity index (χ1v) is 26.4. The summed E-state index contributed by atoms with van der Waals surface area (Å²) >= 11 is 0. The highest BCUT2D eigenvalue weighted by molar-refractivity contribution is 7.16. The van der Waals surface area contributed by atoms with Crippen molar-refractivity contribution >= 4 is 74.9 Å². The van der Waals surface area contributed by atoms with E-state index in [1.54, 1.807) is 0 Å². The van der Waals surface area contributed by atoms with Gasteiger partial charge < -0.3 is 9.13 Å². The summed E-state index contributed by atoms with van der Waals surface area (Å²) in [5, 5.41) is 12.2. The first kappa shape index (κ1) is 38.2. The molecule has 0 fully saturated rings. The minimum atomic E-state index is -3.02. The molecule has 2 atom stereocenters. The lowest BCUT2D eigenvalue weighted by atomic mass is 9.91. The molecule has 2 nitrogen and oxygen atoms in total. The van der Waals surface area contributed by atoms with Gasteiger partial charge in [-0.3, -0.25) is 0 Å². The van der Waals surface area contributed by atoms with Gasteiger partial charge in [0.25, 0.3) is 8.24 Å². The Bertz CT molecular complexity index is 3080. The number of anilines is 1. The molecule has 12 rings (SSSR count). The third-order valence-electron chi connectivity index (χ3n) is 14.0. The molecular weight excluding hydrogens is 805 g/mol. The quantitative estimate of drug-likeness (QED) is 0.104. The highest BCUT2D eigenvalue weighted by atomic mass is 28.3. The zero-order valence-electron chi connectivity index (χ0n) is 35.5. The van der Waals surface area contributed by atoms with Gasteiger partial charge in [-0.15, -0.1) is 0 Å². The second kappa shape index (κ2) is 15.7. The van der Waals surface area contributed by atoms with Crippen LogP contribution in [-0.4, -0.2) is 26.9 Å². The maximum atomic E-state index is 2.91. The van der Waals surface area contributed by atoms with Crippen molar-refractivity contribution in [1.29, 1.82) is 0 Å². The van der Waals surface area contributed by atoms with E-state index in [1.165, 1.54) is 75.1 Å². The zero-order valence-corrected chi connectivity index (χ0v) is 37.5. The van der Waals surface area contributed by atoms with Crippen LogP contribution >= 0.6 is 0 Å². The van der Waals surface area contributed by atoms with Crippen LogP contribution in [0.2, 0.25) is 0 Å². The fourth-order valence-electron chi connectivity index (χ4n) is 11.4. The molecule has 2 unspecified atom stereocenters. The molecule has 0 amide bonds. The molecule has 0 spiro atoms. The third kappa shape index (κ3) is 5.76. The van der Waals surface area contributed by atoms with Crippen molar-refractivity contribution in [2.45, 2.75) is 12.0 Å². The Morgan fingerprint density at radius 2 is 0.766 bits per heavy atom. The predicted octanol–water partition coefficient (Wildman–Crippen LogP) is 9.93. The summed E-state index contributed by atoms with van der Waals surface area (Å²) in [6.07, 6.45) is 7.83. The second-order valence-corrected chi connectivity index (χ2v) is 24.6. The van der Waals surface area contributed by atoms with Crippen molar-refractivity contribution in [1.82, 2.24) is 4.57 Å². The van der Waals surface area contributed by atoms with Crippen molar-refractivity contribution in [2.24, 2.45) is 0 Å². The predicted molar refractivity (Wildman–Crippen MR) is 275 cm³/mol. The van der Waals surface area contributed by atoms with E-state index in [0.717, 1.165) is 0 Å². The lowest BCUT2D eigenvalue weighted by Crippen LogP contribution is -2.79. The van der Waals surface area contributed by atoms with Crippen LogP contribution in [0.5, 0.6) is 0 Å². The number of aromatic nitrogens is 1. The first-order chi connectivity index (χ1) is 31.8. The van der Waals surface area contributed by atoms with E-state index in [4.69, 9.17) is 0 Å². The van der Waals surface area contributed by atoms with E-state index < -0.39 is 16.3 Å². The lowest BCUT2D eigenvalue weighted by molar-refractivity contribution is 0.757. The van der Waals surface area contributed by atoms with E-state index in [9.17, 15) is 0 Å². The Balaban J connectivity index is 1.18. The maximum absolute atomic E-state index is 3.02. The van der Waals surface area contributed by atoms with Gasteiger partial charge in [0.1, 0.15) is 0 Å². The molecule has 10 aromatic rings. The Morgan fingerprint density at radius 1 is 0.375 bits per heavy atom. The highest BCUT2D eigenvalue weighted by Gasteiger charge is 2.55. The molecule has 1 aliphatic heterocycles. The fraction of sp³-hybridized carbons (Fsp3) is 0.0333. The minimum Gasteiger partial charge on any atom is -0.379 e. The summed E-state index contributed by atoms with van der Waals surface area (Å²) in [5.41, 5.74) is 6.30. The van der Waals surface area contributed by atoms with Gasteiger partial charge in [-0.2, -0.15) is 0 Å². The lowest BCUT2D eigenvalue weighted by Gasteiger charge is -2.47. The summed E-state index contributed by atoms with van der Waals surface area (Å²) in [6.45, 7) is 0. The van der Waals surface area contributed by atoms with Gasteiger partial charge in [0.2, 0.25) is 0 Å². The van der Waals surface area contributed by atoms with Crippen LogP contribution in [0.4, 0.5) is 5.69 Å². The van der Waals surface area contributed by atoms with Crippen molar-refractivity contribution in [3.8, 4) is 5.69 Å². The molecule has 1 aromatic heterocycles. The smallest absolute Gasteiger partial charge is 0.253 e. The molecule has 4 heteroatoms. The van der Waals surface area contributed by atoms with Crippen LogP contribution in [0.3, 0.4) is 0 Å². The van der Waals surface area contributed by atoms with E-state index in [1.807, 2.05) is 0 Å². The average molecular weight is 851 g/mol. The van der Waals surface area contributed by atoms with Crippen LogP contribution in [0.1, 0.15) is 11.5 Å². The Kier molecular flexibility index (Phi) is 9.36. The summed E-state index contributed by atoms with van der Waals surface area (Å²) in [6, 6.07) is 93.4.